The Morgan fingerprint density at radius 3 is 2.62 bits per heavy atom. The quantitative estimate of drug-likeness (QED) is 0.465. The summed E-state index contributed by atoms with van der Waals surface area (Å²) in [5.41, 5.74) is 4.16. The van der Waals surface area contributed by atoms with Crippen molar-refractivity contribution in [2.75, 3.05) is 0 Å². The molecule has 0 saturated carbocycles. The smallest absolute Gasteiger partial charge is 0.198 e. The van der Waals surface area contributed by atoms with Crippen molar-refractivity contribution in [1.29, 1.82) is 0 Å². The maximum absolute atomic E-state index is 5.90. The van der Waals surface area contributed by atoms with Crippen LogP contribution in [0.25, 0.3) is 21.3 Å². The van der Waals surface area contributed by atoms with Crippen molar-refractivity contribution in [2.24, 2.45) is 0 Å². The first kappa shape index (κ1) is 15.3. The molecule has 2 aromatic carbocycles. The van der Waals surface area contributed by atoms with E-state index in [4.69, 9.17) is 9.40 Å². The lowest BCUT2D eigenvalue weighted by atomic mass is 10.0. The molecule has 4 heteroatoms. The molecule has 0 bridgehead atoms. The Balaban J connectivity index is 1.60. The SMILES string of the molecule is CC(C)c1nc2cc(CC(C)c3nc4ccccc4o3)ccc2s1. The van der Waals surface area contributed by atoms with Crippen LogP contribution in [0.4, 0.5) is 0 Å². The second-order valence-corrected chi connectivity index (χ2v) is 7.70. The van der Waals surface area contributed by atoms with Gasteiger partial charge >= 0.3 is 0 Å². The van der Waals surface area contributed by atoms with Gasteiger partial charge in [-0.25, -0.2) is 9.97 Å². The van der Waals surface area contributed by atoms with Crippen LogP contribution in [0.3, 0.4) is 0 Å². The number of rotatable bonds is 4. The lowest BCUT2D eigenvalue weighted by Gasteiger charge is -2.07. The fraction of sp³-hybridized carbons (Fsp3) is 0.300. The van der Waals surface area contributed by atoms with Crippen molar-refractivity contribution in [3.05, 3.63) is 58.9 Å². The number of oxazole rings is 1. The fourth-order valence-electron chi connectivity index (χ4n) is 2.91. The molecule has 2 aromatic heterocycles. The highest BCUT2D eigenvalue weighted by molar-refractivity contribution is 7.18. The minimum absolute atomic E-state index is 0.234. The lowest BCUT2D eigenvalue weighted by Crippen LogP contribution is -1.98. The van der Waals surface area contributed by atoms with Gasteiger partial charge < -0.3 is 4.42 Å². The van der Waals surface area contributed by atoms with Crippen LogP contribution in [0.15, 0.2) is 46.9 Å². The Kier molecular flexibility index (Phi) is 3.85. The average Bonchev–Trinajstić information content (AvgIpc) is 3.18. The summed E-state index contributed by atoms with van der Waals surface area (Å²) in [7, 11) is 0. The van der Waals surface area contributed by atoms with Gasteiger partial charge in [-0.2, -0.15) is 0 Å². The third-order valence-corrected chi connectivity index (χ3v) is 5.57. The lowest BCUT2D eigenvalue weighted by molar-refractivity contribution is 0.484. The monoisotopic (exact) mass is 336 g/mol. The van der Waals surface area contributed by atoms with Gasteiger partial charge in [-0.15, -0.1) is 11.3 Å². The predicted octanol–water partition coefficient (Wildman–Crippen LogP) is 5.91. The number of hydrogen-bond donors (Lipinski definition) is 0. The van der Waals surface area contributed by atoms with Crippen LogP contribution in [0, 0.1) is 0 Å². The molecule has 3 nitrogen and oxygen atoms in total. The van der Waals surface area contributed by atoms with E-state index in [1.807, 2.05) is 24.3 Å². The van der Waals surface area contributed by atoms with Gasteiger partial charge in [-0.05, 0) is 36.2 Å². The van der Waals surface area contributed by atoms with Crippen LogP contribution in [0.1, 0.15) is 49.1 Å². The van der Waals surface area contributed by atoms with Gasteiger partial charge in [0.15, 0.2) is 11.5 Å². The number of aromatic nitrogens is 2. The van der Waals surface area contributed by atoms with Gasteiger partial charge in [0.25, 0.3) is 0 Å². The van der Waals surface area contributed by atoms with E-state index in [-0.39, 0.29) is 5.92 Å². The maximum Gasteiger partial charge on any atom is 0.198 e. The van der Waals surface area contributed by atoms with E-state index in [0.29, 0.717) is 5.92 Å². The van der Waals surface area contributed by atoms with Crippen molar-refractivity contribution in [1.82, 2.24) is 9.97 Å². The highest BCUT2D eigenvalue weighted by atomic mass is 32.1. The molecule has 0 radical (unpaired) electrons. The van der Waals surface area contributed by atoms with E-state index in [1.165, 1.54) is 15.3 Å². The maximum atomic E-state index is 5.90. The fourth-order valence-corrected chi connectivity index (χ4v) is 3.86. The van der Waals surface area contributed by atoms with Gasteiger partial charge in [0, 0.05) is 11.8 Å². The van der Waals surface area contributed by atoms with Gasteiger partial charge in [0.1, 0.15) is 5.52 Å². The molecule has 0 aliphatic rings. The van der Waals surface area contributed by atoms with E-state index in [1.54, 1.807) is 11.3 Å². The van der Waals surface area contributed by atoms with Crippen molar-refractivity contribution in [2.45, 2.75) is 39.0 Å². The molecule has 1 atom stereocenters. The number of para-hydroxylation sites is 2. The molecule has 122 valence electrons. The van der Waals surface area contributed by atoms with Crippen LogP contribution in [-0.2, 0) is 6.42 Å². The summed E-state index contributed by atoms with van der Waals surface area (Å²) in [6.45, 7) is 6.54. The molecule has 0 saturated heterocycles. The first-order valence-electron chi connectivity index (χ1n) is 8.35. The highest BCUT2D eigenvalue weighted by Crippen LogP contribution is 2.30. The minimum atomic E-state index is 0.234. The summed E-state index contributed by atoms with van der Waals surface area (Å²) in [6.07, 6.45) is 0.900. The third kappa shape index (κ3) is 2.82. The Morgan fingerprint density at radius 1 is 1.00 bits per heavy atom. The largest absolute Gasteiger partial charge is 0.440 e. The van der Waals surface area contributed by atoms with Crippen LogP contribution in [0.2, 0.25) is 0 Å². The van der Waals surface area contributed by atoms with Crippen LogP contribution in [0.5, 0.6) is 0 Å². The summed E-state index contributed by atoms with van der Waals surface area (Å²) >= 11 is 1.79. The zero-order valence-corrected chi connectivity index (χ0v) is 14.9. The predicted molar refractivity (Wildman–Crippen MR) is 99.8 cm³/mol. The molecule has 4 rings (SSSR count). The van der Waals surface area contributed by atoms with E-state index in [2.05, 4.69) is 44.0 Å². The van der Waals surface area contributed by atoms with Crippen LogP contribution < -0.4 is 0 Å². The molecule has 2 heterocycles. The summed E-state index contributed by atoms with van der Waals surface area (Å²) < 4.78 is 7.16. The van der Waals surface area contributed by atoms with Crippen molar-refractivity contribution in [3.63, 3.8) is 0 Å². The average molecular weight is 336 g/mol. The van der Waals surface area contributed by atoms with E-state index < -0.39 is 0 Å². The molecule has 0 amide bonds. The first-order chi connectivity index (χ1) is 11.6. The zero-order chi connectivity index (χ0) is 16.7. The van der Waals surface area contributed by atoms with Crippen molar-refractivity contribution >= 4 is 32.7 Å². The van der Waals surface area contributed by atoms with E-state index >= 15 is 0 Å². The first-order valence-corrected chi connectivity index (χ1v) is 9.16. The molecule has 24 heavy (non-hydrogen) atoms. The number of fused-ring (bicyclic) bond motifs is 2. The second kappa shape index (κ2) is 6.02. The minimum Gasteiger partial charge on any atom is -0.440 e. The summed E-state index contributed by atoms with van der Waals surface area (Å²) in [5, 5.41) is 1.20. The molecule has 0 aliphatic carbocycles. The zero-order valence-electron chi connectivity index (χ0n) is 14.1. The Hall–Kier alpha value is -2.20. The normalized spacial score (nSPS) is 13.2. The van der Waals surface area contributed by atoms with Crippen LogP contribution in [-0.4, -0.2) is 9.97 Å². The van der Waals surface area contributed by atoms with Gasteiger partial charge in [0.2, 0.25) is 0 Å². The topological polar surface area (TPSA) is 38.9 Å². The molecular formula is C20H20N2OS. The molecule has 0 spiro atoms. The van der Waals surface area contributed by atoms with Crippen molar-refractivity contribution < 1.29 is 4.42 Å². The molecule has 1 unspecified atom stereocenters. The number of benzene rings is 2. The molecule has 4 aromatic rings. The van der Waals surface area contributed by atoms with Crippen LogP contribution >= 0.6 is 11.3 Å². The second-order valence-electron chi connectivity index (χ2n) is 6.63. The Morgan fingerprint density at radius 2 is 1.83 bits per heavy atom. The Labute approximate surface area is 145 Å². The molecular weight excluding hydrogens is 316 g/mol. The van der Waals surface area contributed by atoms with Gasteiger partial charge in [-0.1, -0.05) is 39.0 Å². The molecule has 0 fully saturated rings. The van der Waals surface area contributed by atoms with E-state index in [9.17, 15) is 0 Å². The summed E-state index contributed by atoms with van der Waals surface area (Å²) in [5.74, 6) is 1.51. The van der Waals surface area contributed by atoms with E-state index in [0.717, 1.165) is 28.9 Å². The molecule has 0 aliphatic heterocycles. The molecule has 0 N–H and O–H groups in total. The highest BCUT2D eigenvalue weighted by Gasteiger charge is 2.15. The number of thiazole rings is 1. The Bertz CT molecular complexity index is 966. The summed E-state index contributed by atoms with van der Waals surface area (Å²) in [6, 6.07) is 14.5. The number of nitrogens with zero attached hydrogens (tertiary/aromatic N) is 2. The van der Waals surface area contributed by atoms with Gasteiger partial charge in [-0.3, -0.25) is 0 Å². The standard InChI is InChI=1S/C20H20N2OS/c1-12(2)20-22-16-11-14(8-9-18(16)24-20)10-13(3)19-21-15-6-4-5-7-17(15)23-19/h4-9,11-13H,10H2,1-3H3. The van der Waals surface area contributed by atoms with Gasteiger partial charge in [0.05, 0.1) is 15.2 Å². The van der Waals surface area contributed by atoms with Crippen molar-refractivity contribution in [3.8, 4) is 0 Å². The number of hydrogen-bond acceptors (Lipinski definition) is 4. The third-order valence-electron chi connectivity index (χ3n) is 4.24. The summed E-state index contributed by atoms with van der Waals surface area (Å²) in [4.78, 5) is 9.39.